The zero-order chi connectivity index (χ0) is 12.5. The molecule has 0 aliphatic carbocycles. The first-order chi connectivity index (χ1) is 8.78. The van der Waals surface area contributed by atoms with Crippen LogP contribution in [-0.2, 0) is 4.79 Å². The predicted octanol–water partition coefficient (Wildman–Crippen LogP) is 1.40. The van der Waals surface area contributed by atoms with E-state index >= 15 is 0 Å². The van der Waals surface area contributed by atoms with Crippen LogP contribution in [0.4, 0.5) is 6.01 Å². The molecule has 18 heavy (non-hydrogen) atoms. The van der Waals surface area contributed by atoms with Gasteiger partial charge in [0.15, 0.2) is 5.58 Å². The average molecular weight is 245 g/mol. The van der Waals surface area contributed by atoms with E-state index in [1.807, 2.05) is 29.2 Å². The van der Waals surface area contributed by atoms with Crippen molar-refractivity contribution in [3.8, 4) is 0 Å². The van der Waals surface area contributed by atoms with Crippen molar-refractivity contribution in [3.63, 3.8) is 0 Å². The summed E-state index contributed by atoms with van der Waals surface area (Å²) in [6.45, 7) is 1.48. The summed E-state index contributed by atoms with van der Waals surface area (Å²) in [7, 11) is 1.67. The molecule has 5 heteroatoms. The van der Waals surface area contributed by atoms with Crippen molar-refractivity contribution in [1.82, 2.24) is 10.3 Å². The molecule has 0 bridgehead atoms. The molecule has 1 unspecified atom stereocenters. The molecule has 5 nitrogen and oxygen atoms in total. The van der Waals surface area contributed by atoms with Gasteiger partial charge in [0, 0.05) is 20.1 Å². The van der Waals surface area contributed by atoms with E-state index in [2.05, 4.69) is 10.3 Å². The fourth-order valence-corrected chi connectivity index (χ4v) is 2.35. The molecule has 1 fully saturated rings. The van der Waals surface area contributed by atoms with E-state index in [4.69, 9.17) is 4.42 Å². The van der Waals surface area contributed by atoms with Crippen molar-refractivity contribution in [2.45, 2.75) is 6.42 Å². The lowest BCUT2D eigenvalue weighted by atomic mass is 10.1. The van der Waals surface area contributed by atoms with Crippen LogP contribution in [0.1, 0.15) is 6.42 Å². The highest BCUT2D eigenvalue weighted by atomic mass is 16.4. The Morgan fingerprint density at radius 1 is 1.50 bits per heavy atom. The number of nitrogens with one attached hydrogen (secondary N) is 1. The van der Waals surface area contributed by atoms with E-state index in [9.17, 15) is 4.79 Å². The number of nitrogens with zero attached hydrogens (tertiary/aromatic N) is 2. The van der Waals surface area contributed by atoms with Gasteiger partial charge >= 0.3 is 0 Å². The van der Waals surface area contributed by atoms with E-state index in [1.54, 1.807) is 7.05 Å². The number of carbonyl (C=O) groups is 1. The summed E-state index contributed by atoms with van der Waals surface area (Å²) in [6.07, 6.45) is 0.846. The molecule has 2 aromatic rings. The first kappa shape index (κ1) is 11.1. The van der Waals surface area contributed by atoms with E-state index in [1.165, 1.54) is 0 Å². The third-order valence-electron chi connectivity index (χ3n) is 3.36. The second-order valence-electron chi connectivity index (χ2n) is 4.51. The monoisotopic (exact) mass is 245 g/mol. The van der Waals surface area contributed by atoms with E-state index in [0.717, 1.165) is 24.1 Å². The van der Waals surface area contributed by atoms with Crippen molar-refractivity contribution in [2.24, 2.45) is 5.92 Å². The van der Waals surface area contributed by atoms with Crippen molar-refractivity contribution in [3.05, 3.63) is 24.3 Å². The highest BCUT2D eigenvalue weighted by molar-refractivity contribution is 5.80. The second-order valence-corrected chi connectivity index (χ2v) is 4.51. The van der Waals surface area contributed by atoms with Crippen LogP contribution >= 0.6 is 0 Å². The first-order valence-corrected chi connectivity index (χ1v) is 6.10. The van der Waals surface area contributed by atoms with Crippen LogP contribution in [0.25, 0.3) is 11.1 Å². The number of benzene rings is 1. The van der Waals surface area contributed by atoms with Gasteiger partial charge in [-0.1, -0.05) is 12.1 Å². The number of hydrogen-bond acceptors (Lipinski definition) is 4. The van der Waals surface area contributed by atoms with Crippen LogP contribution in [-0.4, -0.2) is 31.0 Å². The maximum Gasteiger partial charge on any atom is 0.298 e. The van der Waals surface area contributed by atoms with Crippen molar-refractivity contribution >= 4 is 23.0 Å². The van der Waals surface area contributed by atoms with Crippen LogP contribution < -0.4 is 10.2 Å². The zero-order valence-corrected chi connectivity index (χ0v) is 10.2. The Labute approximate surface area is 105 Å². The van der Waals surface area contributed by atoms with E-state index in [-0.39, 0.29) is 11.8 Å². The second kappa shape index (κ2) is 4.33. The minimum absolute atomic E-state index is 0.0324. The minimum Gasteiger partial charge on any atom is -0.423 e. The number of carbonyl (C=O) groups excluding carboxylic acids is 1. The predicted molar refractivity (Wildman–Crippen MR) is 68.4 cm³/mol. The van der Waals surface area contributed by atoms with Crippen molar-refractivity contribution < 1.29 is 9.21 Å². The van der Waals surface area contributed by atoms with Gasteiger partial charge in [-0.15, -0.1) is 0 Å². The van der Waals surface area contributed by atoms with Crippen molar-refractivity contribution in [1.29, 1.82) is 0 Å². The smallest absolute Gasteiger partial charge is 0.298 e. The van der Waals surface area contributed by atoms with Gasteiger partial charge in [0.1, 0.15) is 5.52 Å². The molecule has 1 N–H and O–H groups in total. The fraction of sp³-hybridized carbons (Fsp3) is 0.385. The lowest BCUT2D eigenvalue weighted by molar-refractivity contribution is -0.123. The number of amides is 1. The minimum atomic E-state index is 0.0324. The molecule has 1 aliphatic rings. The molecule has 2 heterocycles. The fourth-order valence-electron chi connectivity index (χ4n) is 2.35. The Bertz CT molecular complexity index is 545. The van der Waals surface area contributed by atoms with Crippen LogP contribution in [0.3, 0.4) is 0 Å². The molecule has 0 spiro atoms. The van der Waals surface area contributed by atoms with Crippen LogP contribution in [0.5, 0.6) is 0 Å². The third-order valence-corrected chi connectivity index (χ3v) is 3.36. The number of aromatic nitrogens is 1. The van der Waals surface area contributed by atoms with E-state index < -0.39 is 0 Å². The van der Waals surface area contributed by atoms with Gasteiger partial charge in [0.05, 0.1) is 5.92 Å². The summed E-state index contributed by atoms with van der Waals surface area (Å²) >= 11 is 0. The molecule has 1 amide bonds. The molecule has 3 rings (SSSR count). The number of hydrogen-bond donors (Lipinski definition) is 1. The Kier molecular flexibility index (Phi) is 2.66. The Balaban J connectivity index is 1.82. The first-order valence-electron chi connectivity index (χ1n) is 6.10. The Hall–Kier alpha value is -2.04. The third kappa shape index (κ3) is 1.81. The van der Waals surface area contributed by atoms with Crippen LogP contribution in [0.2, 0.25) is 0 Å². The van der Waals surface area contributed by atoms with Gasteiger partial charge in [-0.2, -0.15) is 4.98 Å². The molecule has 94 valence electrons. The number of fused-ring (bicyclic) bond motifs is 1. The van der Waals surface area contributed by atoms with Gasteiger partial charge in [0.25, 0.3) is 6.01 Å². The Morgan fingerprint density at radius 3 is 3.11 bits per heavy atom. The largest absolute Gasteiger partial charge is 0.423 e. The summed E-state index contributed by atoms with van der Waals surface area (Å²) in [5.74, 6) is 0.124. The van der Waals surface area contributed by atoms with Crippen LogP contribution in [0, 0.1) is 5.92 Å². The number of anilines is 1. The Morgan fingerprint density at radius 2 is 2.33 bits per heavy atom. The molecule has 1 atom stereocenters. The SMILES string of the molecule is CNC(=O)C1CCN(c2nc3ccccc3o2)C1. The number of oxazole rings is 1. The topological polar surface area (TPSA) is 58.4 Å². The highest BCUT2D eigenvalue weighted by Gasteiger charge is 2.30. The highest BCUT2D eigenvalue weighted by Crippen LogP contribution is 2.26. The lowest BCUT2D eigenvalue weighted by Crippen LogP contribution is -2.30. The van der Waals surface area contributed by atoms with Gasteiger partial charge in [-0.3, -0.25) is 4.79 Å². The summed E-state index contributed by atoms with van der Waals surface area (Å²) in [5.41, 5.74) is 1.65. The van der Waals surface area contributed by atoms with Gasteiger partial charge < -0.3 is 14.6 Å². The lowest BCUT2D eigenvalue weighted by Gasteiger charge is -2.12. The maximum atomic E-state index is 11.6. The molecule has 0 saturated carbocycles. The summed E-state index contributed by atoms with van der Waals surface area (Å²) in [6, 6.07) is 8.30. The maximum absolute atomic E-state index is 11.6. The molecule has 1 aromatic carbocycles. The molecule has 1 aromatic heterocycles. The average Bonchev–Trinajstić information content (AvgIpc) is 3.03. The van der Waals surface area contributed by atoms with Crippen LogP contribution in [0.15, 0.2) is 28.7 Å². The summed E-state index contributed by atoms with van der Waals surface area (Å²) in [4.78, 5) is 18.0. The van der Waals surface area contributed by atoms with Gasteiger partial charge in [-0.25, -0.2) is 0 Å². The molecular weight excluding hydrogens is 230 g/mol. The normalized spacial score (nSPS) is 19.4. The number of para-hydroxylation sites is 2. The van der Waals surface area contributed by atoms with Crippen molar-refractivity contribution in [2.75, 3.05) is 25.0 Å². The zero-order valence-electron chi connectivity index (χ0n) is 10.2. The molecule has 1 aliphatic heterocycles. The van der Waals surface area contributed by atoms with Gasteiger partial charge in [0.2, 0.25) is 5.91 Å². The molecule has 1 saturated heterocycles. The number of rotatable bonds is 2. The van der Waals surface area contributed by atoms with E-state index in [0.29, 0.717) is 12.6 Å². The molecular formula is C13H15N3O2. The van der Waals surface area contributed by atoms with Gasteiger partial charge in [-0.05, 0) is 18.6 Å². The quantitative estimate of drug-likeness (QED) is 0.869. The standard InChI is InChI=1S/C13H15N3O2/c1-14-12(17)9-6-7-16(8-9)13-15-10-4-2-3-5-11(10)18-13/h2-5,9H,6-8H2,1H3,(H,14,17). The summed E-state index contributed by atoms with van der Waals surface area (Å²) < 4.78 is 5.70. The molecule has 0 radical (unpaired) electrons. The summed E-state index contributed by atoms with van der Waals surface area (Å²) in [5, 5.41) is 2.69.